The molecule has 4 rings (SSSR count). The van der Waals surface area contributed by atoms with E-state index in [4.69, 9.17) is 4.74 Å². The smallest absolute Gasteiger partial charge is 0.321 e. The van der Waals surface area contributed by atoms with Gasteiger partial charge in [0.05, 0.1) is 17.5 Å². The van der Waals surface area contributed by atoms with Crippen LogP contribution in [0.3, 0.4) is 0 Å². The van der Waals surface area contributed by atoms with Crippen molar-refractivity contribution >= 4 is 23.3 Å². The molecule has 2 aromatic rings. The highest BCUT2D eigenvalue weighted by Crippen LogP contribution is 2.42. The van der Waals surface area contributed by atoms with Crippen LogP contribution in [0.25, 0.3) is 0 Å². The molecule has 2 N–H and O–H groups in total. The number of anilines is 2. The molecule has 7 heteroatoms. The number of carbonyl (C=O) groups is 2. The first-order valence-electron chi connectivity index (χ1n) is 11.0. The van der Waals surface area contributed by atoms with Gasteiger partial charge < -0.3 is 20.3 Å². The van der Waals surface area contributed by atoms with Crippen LogP contribution < -0.4 is 10.6 Å². The fourth-order valence-corrected chi connectivity index (χ4v) is 4.58. The highest BCUT2D eigenvalue weighted by Gasteiger charge is 2.49. The zero-order valence-electron chi connectivity index (χ0n) is 18.1. The maximum Gasteiger partial charge on any atom is 0.321 e. The van der Waals surface area contributed by atoms with Crippen LogP contribution in [-0.2, 0) is 16.0 Å². The third-order valence-corrected chi connectivity index (χ3v) is 6.50. The van der Waals surface area contributed by atoms with E-state index in [1.165, 1.54) is 5.56 Å². The van der Waals surface area contributed by atoms with Gasteiger partial charge in [0.1, 0.15) is 6.10 Å². The Bertz CT molecular complexity index is 935. The molecule has 1 aromatic carbocycles. The summed E-state index contributed by atoms with van der Waals surface area (Å²) in [4.78, 5) is 31.3. The second kappa shape index (κ2) is 9.06. The molecular formula is C24H30N4O3. The van der Waals surface area contributed by atoms with Gasteiger partial charge in [-0.05, 0) is 55.5 Å². The Morgan fingerprint density at radius 2 is 2.03 bits per heavy atom. The zero-order chi connectivity index (χ0) is 21.8. The Kier molecular flexibility index (Phi) is 6.23. The van der Waals surface area contributed by atoms with Crippen LogP contribution in [-0.4, -0.2) is 46.6 Å². The van der Waals surface area contributed by atoms with Gasteiger partial charge in [0.25, 0.3) is 5.91 Å². The lowest BCUT2D eigenvalue weighted by Gasteiger charge is -2.44. The molecule has 2 saturated heterocycles. The van der Waals surface area contributed by atoms with Crippen molar-refractivity contribution in [3.63, 3.8) is 0 Å². The van der Waals surface area contributed by atoms with Crippen molar-refractivity contribution in [1.82, 2.24) is 9.88 Å². The highest BCUT2D eigenvalue weighted by atomic mass is 16.5. The molecule has 0 aliphatic carbocycles. The third-order valence-electron chi connectivity index (χ3n) is 6.50. The van der Waals surface area contributed by atoms with Crippen LogP contribution in [0.1, 0.15) is 38.7 Å². The lowest BCUT2D eigenvalue weighted by Crippen LogP contribution is -2.53. The molecular weight excluding hydrogens is 392 g/mol. The Hall–Kier alpha value is -2.93. The van der Waals surface area contributed by atoms with Gasteiger partial charge in [0.2, 0.25) is 0 Å². The monoisotopic (exact) mass is 422 g/mol. The SMILES string of the molecule is CCc1cccc(NC(=O)N2CC[C@]3(CC[C@H](C(=O)Nc4cccnc4)O3)[C@H](C)C2)c1. The van der Waals surface area contributed by atoms with E-state index < -0.39 is 6.10 Å². The minimum atomic E-state index is -0.472. The van der Waals surface area contributed by atoms with Crippen LogP contribution >= 0.6 is 0 Å². The van der Waals surface area contributed by atoms with Gasteiger partial charge in [0, 0.05) is 30.9 Å². The first-order chi connectivity index (χ1) is 15.0. The molecule has 1 spiro atoms. The Labute approximate surface area is 183 Å². The molecule has 2 aliphatic heterocycles. The lowest BCUT2D eigenvalue weighted by molar-refractivity contribution is -0.141. The predicted molar refractivity (Wildman–Crippen MR) is 120 cm³/mol. The third kappa shape index (κ3) is 4.71. The Morgan fingerprint density at radius 1 is 1.19 bits per heavy atom. The number of hydrogen-bond acceptors (Lipinski definition) is 4. The summed E-state index contributed by atoms with van der Waals surface area (Å²) in [6.45, 7) is 5.42. The number of urea groups is 1. The molecule has 164 valence electrons. The quantitative estimate of drug-likeness (QED) is 0.778. The predicted octanol–water partition coefficient (Wildman–Crippen LogP) is 4.07. The summed E-state index contributed by atoms with van der Waals surface area (Å²) in [6.07, 6.45) is 5.99. The molecule has 3 amide bonds. The zero-order valence-corrected chi connectivity index (χ0v) is 18.1. The van der Waals surface area contributed by atoms with E-state index >= 15 is 0 Å². The van der Waals surface area contributed by atoms with Gasteiger partial charge in [0.15, 0.2) is 0 Å². The van der Waals surface area contributed by atoms with E-state index in [1.54, 1.807) is 18.5 Å². The second-order valence-electron chi connectivity index (χ2n) is 8.52. The number of hydrogen-bond donors (Lipinski definition) is 2. The number of nitrogens with zero attached hydrogens (tertiary/aromatic N) is 2. The number of aryl methyl sites for hydroxylation is 1. The van der Waals surface area contributed by atoms with Gasteiger partial charge in [-0.2, -0.15) is 0 Å². The summed E-state index contributed by atoms with van der Waals surface area (Å²) in [5.74, 6) is 0.0122. The molecule has 0 saturated carbocycles. The Balaban J connectivity index is 1.33. The van der Waals surface area contributed by atoms with Crippen molar-refractivity contribution in [3.8, 4) is 0 Å². The number of pyridine rings is 1. The number of nitrogens with one attached hydrogen (secondary N) is 2. The van der Waals surface area contributed by atoms with Crippen LogP contribution in [0.5, 0.6) is 0 Å². The average Bonchev–Trinajstić information content (AvgIpc) is 3.22. The lowest BCUT2D eigenvalue weighted by atomic mass is 9.80. The molecule has 1 aromatic heterocycles. The fraction of sp³-hybridized carbons (Fsp3) is 0.458. The van der Waals surface area contributed by atoms with Crippen LogP contribution in [0, 0.1) is 5.92 Å². The van der Waals surface area contributed by atoms with Crippen molar-refractivity contribution < 1.29 is 14.3 Å². The molecule has 2 aliphatic rings. The van der Waals surface area contributed by atoms with Gasteiger partial charge >= 0.3 is 6.03 Å². The van der Waals surface area contributed by atoms with Crippen molar-refractivity contribution in [2.75, 3.05) is 23.7 Å². The minimum absolute atomic E-state index is 0.0844. The molecule has 3 atom stereocenters. The second-order valence-corrected chi connectivity index (χ2v) is 8.52. The number of amides is 3. The molecule has 0 bridgehead atoms. The largest absolute Gasteiger partial charge is 0.362 e. The molecule has 2 fully saturated rings. The Morgan fingerprint density at radius 3 is 2.77 bits per heavy atom. The van der Waals surface area contributed by atoms with E-state index in [-0.39, 0.29) is 23.5 Å². The minimum Gasteiger partial charge on any atom is -0.362 e. The first kappa shape index (κ1) is 21.3. The number of rotatable bonds is 4. The van der Waals surface area contributed by atoms with Crippen LogP contribution in [0.2, 0.25) is 0 Å². The number of likely N-dealkylation sites (tertiary alicyclic amines) is 1. The number of carbonyl (C=O) groups excluding carboxylic acids is 2. The first-order valence-corrected chi connectivity index (χ1v) is 11.0. The normalized spacial score (nSPS) is 25.4. The van der Waals surface area contributed by atoms with Crippen molar-refractivity contribution in [1.29, 1.82) is 0 Å². The van der Waals surface area contributed by atoms with Gasteiger partial charge in [-0.15, -0.1) is 0 Å². The topological polar surface area (TPSA) is 83.6 Å². The molecule has 31 heavy (non-hydrogen) atoms. The molecule has 0 radical (unpaired) electrons. The summed E-state index contributed by atoms with van der Waals surface area (Å²) in [5, 5.41) is 5.90. The summed E-state index contributed by atoms with van der Waals surface area (Å²) in [7, 11) is 0. The average molecular weight is 423 g/mol. The van der Waals surface area contributed by atoms with E-state index in [0.717, 1.165) is 24.9 Å². The summed E-state index contributed by atoms with van der Waals surface area (Å²) in [5.41, 5.74) is 2.33. The van der Waals surface area contributed by atoms with Crippen molar-refractivity contribution in [2.24, 2.45) is 5.92 Å². The van der Waals surface area contributed by atoms with Crippen LogP contribution in [0.15, 0.2) is 48.8 Å². The summed E-state index contributed by atoms with van der Waals surface area (Å²) < 4.78 is 6.32. The van der Waals surface area contributed by atoms with Crippen molar-refractivity contribution in [3.05, 3.63) is 54.4 Å². The number of piperidine rings is 1. The number of benzene rings is 1. The maximum absolute atomic E-state index is 12.8. The van der Waals surface area contributed by atoms with Crippen LogP contribution in [0.4, 0.5) is 16.2 Å². The number of ether oxygens (including phenoxy) is 1. The van der Waals surface area contributed by atoms with E-state index in [9.17, 15) is 9.59 Å². The molecule has 3 heterocycles. The summed E-state index contributed by atoms with van der Waals surface area (Å²) >= 11 is 0. The molecule has 0 unspecified atom stereocenters. The fourth-order valence-electron chi connectivity index (χ4n) is 4.58. The van der Waals surface area contributed by atoms with Gasteiger partial charge in [-0.25, -0.2) is 4.79 Å². The highest BCUT2D eigenvalue weighted by molar-refractivity contribution is 5.94. The summed E-state index contributed by atoms with van der Waals surface area (Å²) in [6, 6.07) is 11.5. The number of aromatic nitrogens is 1. The van der Waals surface area contributed by atoms with E-state index in [2.05, 4.69) is 35.5 Å². The van der Waals surface area contributed by atoms with Crippen molar-refractivity contribution in [2.45, 2.75) is 51.2 Å². The standard InChI is InChI=1S/C24H30N4O3/c1-3-18-6-4-7-19(14-18)27-23(30)28-13-11-24(17(2)16-28)10-9-21(31-24)22(29)26-20-8-5-12-25-15-20/h4-8,12,14-15,17,21H,3,9-11,13,16H2,1-2H3,(H,26,29)(H,27,30)/t17-,21-,24-/m1/s1. The van der Waals surface area contributed by atoms with Gasteiger partial charge in [-0.1, -0.05) is 26.0 Å². The van der Waals surface area contributed by atoms with E-state index in [0.29, 0.717) is 25.2 Å². The molecule has 7 nitrogen and oxygen atoms in total. The van der Waals surface area contributed by atoms with E-state index in [1.807, 2.05) is 29.2 Å². The maximum atomic E-state index is 12.8. The van der Waals surface area contributed by atoms with Gasteiger partial charge in [-0.3, -0.25) is 9.78 Å².